The van der Waals surface area contributed by atoms with E-state index >= 15 is 0 Å². The molecule has 2 amide bonds. The van der Waals surface area contributed by atoms with Crippen LogP contribution < -0.4 is 19.5 Å². The third-order valence-corrected chi connectivity index (χ3v) is 6.13. The van der Waals surface area contributed by atoms with E-state index < -0.39 is 0 Å². The standard InChI is InChI=1S/C27H34N4O4/c1-4-33-23-9-6-21(7-10-23)17-31(14-5-13-30-15-12-28-19-30)26(32)29-18-27(2,3)22-8-11-24-25(16-22)35-20-34-24/h6-12,15-16,19H,4-5,13-14,17-18,20H2,1-3H3,(H,29,32). The number of hydrogen-bond donors (Lipinski definition) is 1. The van der Waals surface area contributed by atoms with Gasteiger partial charge in [-0.3, -0.25) is 0 Å². The van der Waals surface area contributed by atoms with E-state index in [-0.39, 0.29) is 18.2 Å². The molecule has 8 heteroatoms. The van der Waals surface area contributed by atoms with E-state index in [9.17, 15) is 4.79 Å². The number of aromatic nitrogens is 2. The maximum Gasteiger partial charge on any atom is 0.317 e. The Morgan fingerprint density at radius 2 is 1.97 bits per heavy atom. The molecule has 8 nitrogen and oxygen atoms in total. The lowest BCUT2D eigenvalue weighted by Crippen LogP contribution is -2.45. The highest BCUT2D eigenvalue weighted by Gasteiger charge is 2.26. The zero-order valence-corrected chi connectivity index (χ0v) is 20.7. The number of amides is 2. The Balaban J connectivity index is 1.40. The molecule has 35 heavy (non-hydrogen) atoms. The SMILES string of the molecule is CCOc1ccc(CN(CCCn2ccnc2)C(=O)NCC(C)(C)c2ccc3c(c2)OCO3)cc1. The molecule has 2 aromatic carbocycles. The van der Waals surface area contributed by atoms with E-state index in [2.05, 4.69) is 24.1 Å². The van der Waals surface area contributed by atoms with Gasteiger partial charge in [0.2, 0.25) is 6.79 Å². The molecular formula is C27H34N4O4. The molecule has 1 aromatic heterocycles. The van der Waals surface area contributed by atoms with Crippen LogP contribution in [0.15, 0.2) is 61.2 Å². The largest absolute Gasteiger partial charge is 0.494 e. The summed E-state index contributed by atoms with van der Waals surface area (Å²) in [5, 5.41) is 3.16. The van der Waals surface area contributed by atoms with E-state index in [0.29, 0.717) is 26.2 Å². The van der Waals surface area contributed by atoms with Gasteiger partial charge in [0, 0.05) is 44.0 Å². The minimum absolute atomic E-state index is 0.0849. The van der Waals surface area contributed by atoms with Crippen molar-refractivity contribution in [3.05, 3.63) is 72.3 Å². The molecular weight excluding hydrogens is 444 g/mol. The summed E-state index contributed by atoms with van der Waals surface area (Å²) in [6, 6.07) is 13.8. The maximum atomic E-state index is 13.3. The van der Waals surface area contributed by atoms with Crippen molar-refractivity contribution < 1.29 is 19.0 Å². The molecule has 0 atom stereocenters. The number of benzene rings is 2. The molecule has 1 aliphatic rings. The van der Waals surface area contributed by atoms with E-state index in [0.717, 1.165) is 41.3 Å². The molecule has 0 bridgehead atoms. The summed E-state index contributed by atoms with van der Waals surface area (Å²) < 4.78 is 18.5. The molecule has 0 saturated heterocycles. The second kappa shape index (κ2) is 11.2. The van der Waals surface area contributed by atoms with Crippen molar-refractivity contribution in [3.8, 4) is 17.2 Å². The number of ether oxygens (including phenoxy) is 3. The first-order valence-electron chi connectivity index (χ1n) is 12.0. The Bertz CT molecular complexity index is 1100. The number of hydrogen-bond acceptors (Lipinski definition) is 5. The van der Waals surface area contributed by atoms with E-state index in [4.69, 9.17) is 14.2 Å². The predicted molar refractivity (Wildman–Crippen MR) is 134 cm³/mol. The van der Waals surface area contributed by atoms with Crippen LogP contribution in [0.3, 0.4) is 0 Å². The number of imidazole rings is 1. The molecule has 0 radical (unpaired) electrons. The number of fused-ring (bicyclic) bond motifs is 1. The minimum atomic E-state index is -0.280. The molecule has 0 aliphatic carbocycles. The Kier molecular flexibility index (Phi) is 7.80. The lowest BCUT2D eigenvalue weighted by Gasteiger charge is -2.29. The molecule has 2 heterocycles. The van der Waals surface area contributed by atoms with E-state index in [1.807, 2.05) is 65.1 Å². The van der Waals surface area contributed by atoms with Crippen LogP contribution in [-0.4, -0.2) is 47.0 Å². The molecule has 0 unspecified atom stereocenters. The average Bonchev–Trinajstić information content (AvgIpc) is 3.55. The molecule has 0 spiro atoms. The van der Waals surface area contributed by atoms with Crippen molar-refractivity contribution in [2.45, 2.75) is 45.7 Å². The van der Waals surface area contributed by atoms with Gasteiger partial charge in [0.05, 0.1) is 12.9 Å². The maximum absolute atomic E-state index is 13.3. The van der Waals surface area contributed by atoms with Crippen LogP contribution in [0.1, 0.15) is 38.3 Å². The zero-order chi connectivity index (χ0) is 24.7. The zero-order valence-electron chi connectivity index (χ0n) is 20.7. The van der Waals surface area contributed by atoms with Gasteiger partial charge in [-0.15, -0.1) is 0 Å². The highest BCUT2D eigenvalue weighted by atomic mass is 16.7. The summed E-state index contributed by atoms with van der Waals surface area (Å²) in [7, 11) is 0. The van der Waals surface area contributed by atoms with Crippen molar-refractivity contribution >= 4 is 6.03 Å². The van der Waals surface area contributed by atoms with Crippen molar-refractivity contribution in [3.63, 3.8) is 0 Å². The monoisotopic (exact) mass is 478 g/mol. The van der Waals surface area contributed by atoms with Crippen molar-refractivity contribution in [2.24, 2.45) is 0 Å². The third kappa shape index (κ3) is 6.47. The second-order valence-electron chi connectivity index (χ2n) is 9.26. The average molecular weight is 479 g/mol. The first-order chi connectivity index (χ1) is 16.9. The first kappa shape index (κ1) is 24.4. The third-order valence-electron chi connectivity index (χ3n) is 6.13. The lowest BCUT2D eigenvalue weighted by atomic mass is 9.84. The Labute approximate surface area is 206 Å². The Hall–Kier alpha value is -3.68. The summed E-state index contributed by atoms with van der Waals surface area (Å²) in [4.78, 5) is 19.3. The van der Waals surface area contributed by atoms with Gasteiger partial charge >= 0.3 is 6.03 Å². The number of urea groups is 1. The quantitative estimate of drug-likeness (QED) is 0.436. The topological polar surface area (TPSA) is 77.9 Å². The van der Waals surface area contributed by atoms with Gasteiger partial charge < -0.3 is 29.0 Å². The second-order valence-corrected chi connectivity index (χ2v) is 9.26. The van der Waals surface area contributed by atoms with Gasteiger partial charge in [0.15, 0.2) is 11.5 Å². The Morgan fingerprint density at radius 3 is 2.71 bits per heavy atom. The molecule has 1 aliphatic heterocycles. The summed E-state index contributed by atoms with van der Waals surface area (Å²) in [5.74, 6) is 2.34. The summed E-state index contributed by atoms with van der Waals surface area (Å²) in [6.07, 6.45) is 6.32. The molecule has 0 saturated carbocycles. The molecule has 3 aromatic rings. The van der Waals surface area contributed by atoms with Crippen LogP contribution in [0.5, 0.6) is 17.2 Å². The number of nitrogens with zero attached hydrogens (tertiary/aromatic N) is 3. The molecule has 186 valence electrons. The highest BCUT2D eigenvalue weighted by molar-refractivity contribution is 5.74. The predicted octanol–water partition coefficient (Wildman–Crippen LogP) is 4.59. The minimum Gasteiger partial charge on any atom is -0.494 e. The molecule has 4 rings (SSSR count). The fraction of sp³-hybridized carbons (Fsp3) is 0.407. The van der Waals surface area contributed by atoms with E-state index in [1.54, 1.807) is 12.5 Å². The van der Waals surface area contributed by atoms with Crippen LogP contribution in [0.4, 0.5) is 4.79 Å². The van der Waals surface area contributed by atoms with Crippen LogP contribution in [0, 0.1) is 0 Å². The van der Waals surface area contributed by atoms with Gasteiger partial charge in [-0.05, 0) is 48.7 Å². The first-order valence-corrected chi connectivity index (χ1v) is 12.0. The van der Waals surface area contributed by atoms with Crippen LogP contribution in [0.2, 0.25) is 0 Å². The number of nitrogens with one attached hydrogen (secondary N) is 1. The number of carbonyl (C=O) groups is 1. The van der Waals surface area contributed by atoms with Gasteiger partial charge in [0.25, 0.3) is 0 Å². The van der Waals surface area contributed by atoms with Gasteiger partial charge in [0.1, 0.15) is 5.75 Å². The number of carbonyl (C=O) groups excluding carboxylic acids is 1. The smallest absolute Gasteiger partial charge is 0.317 e. The van der Waals surface area contributed by atoms with Gasteiger partial charge in [-0.2, -0.15) is 0 Å². The van der Waals surface area contributed by atoms with Crippen molar-refractivity contribution in [1.29, 1.82) is 0 Å². The lowest BCUT2D eigenvalue weighted by molar-refractivity contribution is 0.174. The van der Waals surface area contributed by atoms with Crippen molar-refractivity contribution in [2.75, 3.05) is 26.5 Å². The van der Waals surface area contributed by atoms with Crippen LogP contribution in [-0.2, 0) is 18.5 Å². The number of rotatable bonds is 11. The number of aryl methyl sites for hydroxylation is 1. The summed E-state index contributed by atoms with van der Waals surface area (Å²) >= 11 is 0. The van der Waals surface area contributed by atoms with Gasteiger partial charge in [-0.1, -0.05) is 32.0 Å². The van der Waals surface area contributed by atoms with Crippen molar-refractivity contribution in [1.82, 2.24) is 19.8 Å². The van der Waals surface area contributed by atoms with E-state index in [1.165, 1.54) is 0 Å². The Morgan fingerprint density at radius 1 is 1.17 bits per heavy atom. The molecule has 1 N–H and O–H groups in total. The molecule has 0 fully saturated rings. The van der Waals surface area contributed by atoms with Crippen LogP contribution >= 0.6 is 0 Å². The van der Waals surface area contributed by atoms with Gasteiger partial charge in [-0.25, -0.2) is 9.78 Å². The summed E-state index contributed by atoms with van der Waals surface area (Å²) in [5.41, 5.74) is 1.86. The fourth-order valence-corrected chi connectivity index (χ4v) is 4.02. The fourth-order valence-electron chi connectivity index (χ4n) is 4.02. The highest BCUT2D eigenvalue weighted by Crippen LogP contribution is 2.36. The normalized spacial score (nSPS) is 12.4. The summed E-state index contributed by atoms with van der Waals surface area (Å²) in [6.45, 7) is 9.50. The van der Waals surface area contributed by atoms with Crippen LogP contribution in [0.25, 0.3) is 0 Å².